The fourth-order valence-electron chi connectivity index (χ4n) is 2.44. The van der Waals surface area contributed by atoms with Crippen molar-refractivity contribution in [1.82, 2.24) is 4.72 Å². The molecule has 1 aromatic carbocycles. The lowest BCUT2D eigenvalue weighted by atomic mass is 10.1. The molecule has 0 bridgehead atoms. The molecule has 0 radical (unpaired) electrons. The van der Waals surface area contributed by atoms with Crippen LogP contribution in [0.1, 0.15) is 24.8 Å². The minimum Gasteiger partial charge on any atom is -0.396 e. The smallest absolute Gasteiger partial charge is 0.240 e. The van der Waals surface area contributed by atoms with Gasteiger partial charge < -0.3 is 5.11 Å². The molecule has 0 amide bonds. The fourth-order valence-corrected chi connectivity index (χ4v) is 4.15. The fraction of sp³-hybridized carbons (Fsp3) is 0.538. The first kappa shape index (κ1) is 15.0. The lowest BCUT2D eigenvalue weighted by molar-refractivity contribution is 0.213. The molecule has 0 aromatic heterocycles. The molecular weight excluding hydrogens is 330 g/mol. The van der Waals surface area contributed by atoms with E-state index in [9.17, 15) is 13.5 Å². The lowest BCUT2D eigenvalue weighted by Crippen LogP contribution is -2.38. The quantitative estimate of drug-likeness (QED) is 0.800. The van der Waals surface area contributed by atoms with Gasteiger partial charge in [-0.3, -0.25) is 0 Å². The number of nitrogens with one attached hydrogen (secondary N) is 1. The second kappa shape index (κ2) is 6.35. The molecule has 0 heterocycles. The summed E-state index contributed by atoms with van der Waals surface area (Å²) in [5.74, 6) is 0.0385. The topological polar surface area (TPSA) is 66.4 Å². The Kier molecular flexibility index (Phi) is 5.00. The van der Waals surface area contributed by atoms with Gasteiger partial charge in [-0.25, -0.2) is 13.1 Å². The van der Waals surface area contributed by atoms with Crippen molar-refractivity contribution < 1.29 is 13.5 Å². The van der Waals surface area contributed by atoms with E-state index in [0.717, 1.165) is 24.8 Å². The first-order valence-corrected chi connectivity index (χ1v) is 8.95. The van der Waals surface area contributed by atoms with Crippen LogP contribution in [0.5, 0.6) is 0 Å². The number of hydrogen-bond donors (Lipinski definition) is 2. The molecule has 6 heteroatoms. The van der Waals surface area contributed by atoms with Crippen molar-refractivity contribution in [3.63, 3.8) is 0 Å². The summed E-state index contributed by atoms with van der Waals surface area (Å²) in [6.45, 7) is 0.0374. The van der Waals surface area contributed by atoms with Crippen LogP contribution in [0, 0.1) is 5.92 Å². The number of rotatable bonds is 5. The molecule has 1 aliphatic rings. The monoisotopic (exact) mass is 347 g/mol. The largest absolute Gasteiger partial charge is 0.396 e. The molecule has 1 fully saturated rings. The van der Waals surface area contributed by atoms with E-state index in [2.05, 4.69) is 20.7 Å². The Balaban J connectivity index is 2.13. The number of hydrogen-bond acceptors (Lipinski definition) is 3. The average molecular weight is 348 g/mol. The van der Waals surface area contributed by atoms with Crippen LogP contribution in [-0.2, 0) is 15.4 Å². The van der Waals surface area contributed by atoms with Gasteiger partial charge in [0.2, 0.25) is 10.0 Å². The summed E-state index contributed by atoms with van der Waals surface area (Å²) >= 11 is 3.33. The van der Waals surface area contributed by atoms with Crippen LogP contribution in [0.2, 0.25) is 0 Å². The predicted molar refractivity (Wildman–Crippen MR) is 77.6 cm³/mol. The van der Waals surface area contributed by atoms with E-state index < -0.39 is 10.0 Å². The Labute approximate surface area is 122 Å². The second-order valence-electron chi connectivity index (χ2n) is 4.88. The lowest BCUT2D eigenvalue weighted by Gasteiger charge is -2.19. The predicted octanol–water partition coefficient (Wildman–Crippen LogP) is 2.02. The van der Waals surface area contributed by atoms with Gasteiger partial charge in [-0.1, -0.05) is 34.5 Å². The van der Waals surface area contributed by atoms with Gasteiger partial charge in [0.1, 0.15) is 0 Å². The van der Waals surface area contributed by atoms with Gasteiger partial charge in [0.25, 0.3) is 0 Å². The molecule has 2 N–H and O–H groups in total. The van der Waals surface area contributed by atoms with Gasteiger partial charge in [-0.15, -0.1) is 0 Å². The summed E-state index contributed by atoms with van der Waals surface area (Å²) in [4.78, 5) is 0.279. The maximum atomic E-state index is 12.2. The molecule has 2 atom stereocenters. The van der Waals surface area contributed by atoms with Crippen molar-refractivity contribution in [2.45, 2.75) is 35.5 Å². The minimum atomic E-state index is -3.49. The van der Waals surface area contributed by atoms with E-state index in [1.807, 2.05) is 0 Å². The van der Waals surface area contributed by atoms with Crippen LogP contribution >= 0.6 is 15.9 Å². The summed E-state index contributed by atoms with van der Waals surface area (Å²) in [7, 11) is -3.49. The van der Waals surface area contributed by atoms with Crippen LogP contribution in [-0.4, -0.2) is 26.2 Å². The number of aliphatic hydroxyl groups excluding tert-OH is 1. The normalized spacial score (nSPS) is 23.7. The molecule has 1 aromatic rings. The van der Waals surface area contributed by atoms with Crippen molar-refractivity contribution in [2.75, 3.05) is 6.61 Å². The summed E-state index contributed by atoms with van der Waals surface area (Å²) in [6.07, 6.45) is 2.64. The van der Waals surface area contributed by atoms with Crippen molar-refractivity contribution in [1.29, 1.82) is 0 Å². The van der Waals surface area contributed by atoms with E-state index in [0.29, 0.717) is 5.33 Å². The molecule has 0 spiro atoms. The van der Waals surface area contributed by atoms with Gasteiger partial charge in [0.05, 0.1) is 4.90 Å². The number of sulfonamides is 1. The van der Waals surface area contributed by atoms with E-state index in [1.165, 1.54) is 0 Å². The number of alkyl halides is 1. The van der Waals surface area contributed by atoms with Crippen LogP contribution in [0.25, 0.3) is 0 Å². The molecular formula is C13H18BrNO3S. The molecule has 1 saturated carbocycles. The highest BCUT2D eigenvalue weighted by atomic mass is 79.9. The minimum absolute atomic E-state index is 0.0374. The molecule has 0 aliphatic heterocycles. The summed E-state index contributed by atoms with van der Waals surface area (Å²) in [6, 6.07) is 6.66. The standard InChI is InChI=1S/C13H18BrNO3S/c14-8-10-4-6-12(7-5-10)19(17,18)15-13-3-1-2-11(13)9-16/h4-7,11,13,15-16H,1-3,8-9H2. The first-order valence-electron chi connectivity index (χ1n) is 6.35. The van der Waals surface area contributed by atoms with Gasteiger partial charge in [0, 0.05) is 18.0 Å². The average Bonchev–Trinajstić information content (AvgIpc) is 2.85. The van der Waals surface area contributed by atoms with E-state index >= 15 is 0 Å². The van der Waals surface area contributed by atoms with Crippen molar-refractivity contribution in [3.05, 3.63) is 29.8 Å². The van der Waals surface area contributed by atoms with Gasteiger partial charge in [-0.05, 0) is 36.5 Å². The zero-order valence-electron chi connectivity index (χ0n) is 10.5. The molecule has 19 heavy (non-hydrogen) atoms. The molecule has 1 aliphatic carbocycles. The van der Waals surface area contributed by atoms with Crippen molar-refractivity contribution >= 4 is 26.0 Å². The Morgan fingerprint density at radius 1 is 1.26 bits per heavy atom. The van der Waals surface area contributed by atoms with Gasteiger partial charge >= 0.3 is 0 Å². The van der Waals surface area contributed by atoms with Crippen LogP contribution < -0.4 is 4.72 Å². The van der Waals surface area contributed by atoms with Gasteiger partial charge in [-0.2, -0.15) is 0 Å². The van der Waals surface area contributed by atoms with Crippen LogP contribution in [0.3, 0.4) is 0 Å². The maximum Gasteiger partial charge on any atom is 0.240 e. The highest BCUT2D eigenvalue weighted by molar-refractivity contribution is 9.08. The third kappa shape index (κ3) is 3.56. The molecule has 0 saturated heterocycles. The van der Waals surface area contributed by atoms with Crippen molar-refractivity contribution in [3.8, 4) is 0 Å². The molecule has 106 valence electrons. The Morgan fingerprint density at radius 2 is 1.95 bits per heavy atom. The number of aliphatic hydroxyl groups is 1. The molecule has 4 nitrogen and oxygen atoms in total. The highest BCUT2D eigenvalue weighted by Crippen LogP contribution is 2.26. The zero-order chi connectivity index (χ0) is 13.9. The molecule has 2 rings (SSSR count). The third-order valence-electron chi connectivity index (χ3n) is 3.59. The molecule has 2 unspecified atom stereocenters. The van der Waals surface area contributed by atoms with Gasteiger partial charge in [0.15, 0.2) is 0 Å². The summed E-state index contributed by atoms with van der Waals surface area (Å²) < 4.78 is 27.2. The Morgan fingerprint density at radius 3 is 2.53 bits per heavy atom. The summed E-state index contributed by atoms with van der Waals surface area (Å²) in [5, 5.41) is 9.94. The van der Waals surface area contributed by atoms with Crippen LogP contribution in [0.4, 0.5) is 0 Å². The Bertz CT molecular complexity index is 515. The van der Waals surface area contributed by atoms with E-state index in [1.54, 1.807) is 24.3 Å². The third-order valence-corrected chi connectivity index (χ3v) is 5.74. The highest BCUT2D eigenvalue weighted by Gasteiger charge is 2.30. The van der Waals surface area contributed by atoms with Crippen LogP contribution in [0.15, 0.2) is 29.2 Å². The maximum absolute atomic E-state index is 12.2. The SMILES string of the molecule is O=S(=O)(NC1CCCC1CO)c1ccc(CBr)cc1. The Hall–Kier alpha value is -0.430. The number of benzene rings is 1. The van der Waals surface area contributed by atoms with E-state index in [-0.39, 0.29) is 23.5 Å². The van der Waals surface area contributed by atoms with E-state index in [4.69, 9.17) is 0 Å². The number of halogens is 1. The summed E-state index contributed by atoms with van der Waals surface area (Å²) in [5.41, 5.74) is 1.04. The first-order chi connectivity index (χ1) is 9.06. The van der Waals surface area contributed by atoms with Crippen molar-refractivity contribution in [2.24, 2.45) is 5.92 Å². The zero-order valence-corrected chi connectivity index (χ0v) is 13.0. The second-order valence-corrected chi connectivity index (χ2v) is 7.15.